The lowest BCUT2D eigenvalue weighted by atomic mass is 9.91. The third-order valence-electron chi connectivity index (χ3n) is 1.95. The van der Waals surface area contributed by atoms with Gasteiger partial charge in [0.2, 0.25) is 0 Å². The molecule has 3 nitrogen and oxygen atoms in total. The van der Waals surface area contributed by atoms with Gasteiger partial charge in [0.1, 0.15) is 0 Å². The van der Waals surface area contributed by atoms with Crippen LogP contribution in [0.2, 0.25) is 0 Å². The summed E-state index contributed by atoms with van der Waals surface area (Å²) >= 11 is 0. The fourth-order valence-electron chi connectivity index (χ4n) is 1.35. The Bertz CT molecular complexity index is 184. The van der Waals surface area contributed by atoms with E-state index < -0.39 is 5.97 Å². The normalized spacial score (nSPS) is 24.4. The number of aliphatic carboxylic acids is 1. The van der Waals surface area contributed by atoms with Gasteiger partial charge in [-0.05, 0) is 25.3 Å². The van der Waals surface area contributed by atoms with Crippen LogP contribution in [0, 0.1) is 5.92 Å². The lowest BCUT2D eigenvalue weighted by Crippen LogP contribution is -2.12. The molecule has 0 aromatic carbocycles. The summed E-state index contributed by atoms with van der Waals surface area (Å²) in [5, 5.41) is 17.7. The third-order valence-corrected chi connectivity index (χ3v) is 1.95. The summed E-state index contributed by atoms with van der Waals surface area (Å²) in [6.07, 6.45) is 4.44. The van der Waals surface area contributed by atoms with Gasteiger partial charge in [0.15, 0.2) is 0 Å². The molecule has 0 aromatic rings. The molecular weight excluding hydrogens is 144 g/mol. The summed E-state index contributed by atoms with van der Waals surface area (Å²) < 4.78 is 0. The lowest BCUT2D eigenvalue weighted by molar-refractivity contribution is -0.138. The van der Waals surface area contributed by atoms with Crippen molar-refractivity contribution >= 4 is 5.97 Å². The summed E-state index contributed by atoms with van der Waals surface area (Å²) in [4.78, 5) is 10.3. The van der Waals surface area contributed by atoms with Crippen molar-refractivity contribution in [3.8, 4) is 0 Å². The maximum Gasteiger partial charge on any atom is 0.304 e. The maximum atomic E-state index is 10.3. The molecule has 0 heterocycles. The quantitative estimate of drug-likeness (QED) is 0.639. The van der Waals surface area contributed by atoms with Crippen molar-refractivity contribution in [3.63, 3.8) is 0 Å². The first-order valence-corrected chi connectivity index (χ1v) is 3.81. The van der Waals surface area contributed by atoms with E-state index in [9.17, 15) is 9.90 Å². The van der Waals surface area contributed by atoms with E-state index in [1.54, 1.807) is 6.08 Å². The van der Waals surface area contributed by atoms with Crippen molar-refractivity contribution in [2.24, 2.45) is 5.92 Å². The van der Waals surface area contributed by atoms with Crippen LogP contribution >= 0.6 is 0 Å². The van der Waals surface area contributed by atoms with Crippen LogP contribution in [0.3, 0.4) is 0 Å². The monoisotopic (exact) mass is 156 g/mol. The topological polar surface area (TPSA) is 57.5 Å². The van der Waals surface area contributed by atoms with Crippen LogP contribution in [0.1, 0.15) is 25.7 Å². The first-order valence-electron chi connectivity index (χ1n) is 3.81. The zero-order valence-electron chi connectivity index (χ0n) is 6.29. The minimum atomic E-state index is -0.836. The number of carbonyl (C=O) groups is 1. The molecular formula is C8H12O3. The van der Waals surface area contributed by atoms with E-state index in [4.69, 9.17) is 5.11 Å². The number of rotatable bonds is 2. The molecule has 0 saturated carbocycles. The molecule has 3 heteroatoms. The van der Waals surface area contributed by atoms with Crippen molar-refractivity contribution in [1.82, 2.24) is 0 Å². The van der Waals surface area contributed by atoms with Crippen LogP contribution in [0.25, 0.3) is 0 Å². The average molecular weight is 156 g/mol. The maximum absolute atomic E-state index is 10.3. The van der Waals surface area contributed by atoms with Gasteiger partial charge in [-0.3, -0.25) is 4.79 Å². The summed E-state index contributed by atoms with van der Waals surface area (Å²) in [7, 11) is 0. The zero-order chi connectivity index (χ0) is 8.27. The molecule has 1 rings (SSSR count). The van der Waals surface area contributed by atoms with Gasteiger partial charge in [0, 0.05) is 5.92 Å². The van der Waals surface area contributed by atoms with Gasteiger partial charge >= 0.3 is 5.97 Å². The van der Waals surface area contributed by atoms with Gasteiger partial charge in [0.25, 0.3) is 0 Å². The summed E-state index contributed by atoms with van der Waals surface area (Å²) in [6.45, 7) is 0. The lowest BCUT2D eigenvalue weighted by Gasteiger charge is -2.17. The van der Waals surface area contributed by atoms with Crippen LogP contribution in [0.15, 0.2) is 11.8 Å². The van der Waals surface area contributed by atoms with Crippen molar-refractivity contribution in [3.05, 3.63) is 11.8 Å². The molecule has 62 valence electrons. The van der Waals surface area contributed by atoms with Crippen LogP contribution in [-0.4, -0.2) is 16.2 Å². The average Bonchev–Trinajstić information content (AvgIpc) is 1.93. The van der Waals surface area contributed by atoms with Gasteiger partial charge in [-0.15, -0.1) is 0 Å². The largest absolute Gasteiger partial charge is 0.512 e. The number of aliphatic hydroxyl groups excluding tert-OH is 1. The molecule has 0 amide bonds. The SMILES string of the molecule is O=C(O)CC1CCCC=C1O. The Morgan fingerprint density at radius 1 is 1.73 bits per heavy atom. The molecule has 1 unspecified atom stereocenters. The number of hydrogen-bond donors (Lipinski definition) is 2. The molecule has 0 aliphatic heterocycles. The van der Waals surface area contributed by atoms with Gasteiger partial charge in [-0.25, -0.2) is 0 Å². The number of carboxylic acids is 1. The van der Waals surface area contributed by atoms with Crippen molar-refractivity contribution in [1.29, 1.82) is 0 Å². The Kier molecular flexibility index (Phi) is 2.52. The second-order valence-corrected chi connectivity index (χ2v) is 2.85. The number of carboxylic acid groups (broad SMARTS) is 1. The van der Waals surface area contributed by atoms with Crippen molar-refractivity contribution < 1.29 is 15.0 Å². The van der Waals surface area contributed by atoms with Gasteiger partial charge in [-0.2, -0.15) is 0 Å². The third kappa shape index (κ3) is 2.26. The highest BCUT2D eigenvalue weighted by Crippen LogP contribution is 2.25. The summed E-state index contributed by atoms with van der Waals surface area (Å²) in [6, 6.07) is 0. The first kappa shape index (κ1) is 8.11. The molecule has 0 saturated heterocycles. The second kappa shape index (κ2) is 3.42. The molecule has 11 heavy (non-hydrogen) atoms. The van der Waals surface area contributed by atoms with Gasteiger partial charge in [0.05, 0.1) is 12.2 Å². The highest BCUT2D eigenvalue weighted by atomic mass is 16.4. The number of allylic oxidation sites excluding steroid dienone is 2. The van der Waals surface area contributed by atoms with E-state index >= 15 is 0 Å². The van der Waals surface area contributed by atoms with Gasteiger partial charge < -0.3 is 10.2 Å². The first-order chi connectivity index (χ1) is 5.20. The van der Waals surface area contributed by atoms with Crippen LogP contribution in [-0.2, 0) is 4.79 Å². The van der Waals surface area contributed by atoms with Crippen molar-refractivity contribution in [2.75, 3.05) is 0 Å². The standard InChI is InChI=1S/C8H12O3/c9-7-4-2-1-3-6(7)5-8(10)11/h4,6,9H,1-3,5H2,(H,10,11). The van der Waals surface area contributed by atoms with E-state index in [0.717, 1.165) is 19.3 Å². The van der Waals surface area contributed by atoms with E-state index in [2.05, 4.69) is 0 Å². The fourth-order valence-corrected chi connectivity index (χ4v) is 1.35. The molecule has 0 bridgehead atoms. The Hall–Kier alpha value is -0.990. The summed E-state index contributed by atoms with van der Waals surface area (Å²) in [5.74, 6) is -0.711. The Balaban J connectivity index is 2.50. The van der Waals surface area contributed by atoms with E-state index in [1.807, 2.05) is 0 Å². The molecule has 1 atom stereocenters. The Labute approximate surface area is 65.3 Å². The number of aliphatic hydroxyl groups is 1. The van der Waals surface area contributed by atoms with Crippen LogP contribution in [0.5, 0.6) is 0 Å². The van der Waals surface area contributed by atoms with Crippen molar-refractivity contribution in [2.45, 2.75) is 25.7 Å². The van der Waals surface area contributed by atoms with Crippen LogP contribution < -0.4 is 0 Å². The molecule has 0 spiro atoms. The van der Waals surface area contributed by atoms with Crippen LogP contribution in [0.4, 0.5) is 0 Å². The van der Waals surface area contributed by atoms with Gasteiger partial charge in [-0.1, -0.05) is 0 Å². The second-order valence-electron chi connectivity index (χ2n) is 2.85. The predicted molar refractivity (Wildman–Crippen MR) is 40.3 cm³/mol. The smallest absolute Gasteiger partial charge is 0.304 e. The molecule has 1 aliphatic carbocycles. The highest BCUT2D eigenvalue weighted by Gasteiger charge is 2.19. The summed E-state index contributed by atoms with van der Waals surface area (Å²) in [5.41, 5.74) is 0. The van der Waals surface area contributed by atoms with E-state index in [1.165, 1.54) is 0 Å². The Morgan fingerprint density at radius 2 is 2.45 bits per heavy atom. The minimum Gasteiger partial charge on any atom is -0.512 e. The Morgan fingerprint density at radius 3 is 3.00 bits per heavy atom. The zero-order valence-corrected chi connectivity index (χ0v) is 6.29. The fraction of sp³-hybridized carbons (Fsp3) is 0.625. The van der Waals surface area contributed by atoms with E-state index in [-0.39, 0.29) is 18.1 Å². The molecule has 0 radical (unpaired) electrons. The predicted octanol–water partition coefficient (Wildman–Crippen LogP) is 1.70. The molecule has 0 aromatic heterocycles. The minimum absolute atomic E-state index is 0.0579. The molecule has 0 fully saturated rings. The van der Waals surface area contributed by atoms with E-state index in [0.29, 0.717) is 0 Å². The highest BCUT2D eigenvalue weighted by molar-refractivity contribution is 5.67. The molecule has 1 aliphatic rings. The molecule has 2 N–H and O–H groups in total. The number of hydrogen-bond acceptors (Lipinski definition) is 2.